The van der Waals surface area contributed by atoms with Crippen molar-refractivity contribution >= 4 is 27.3 Å². The molecule has 0 fully saturated rings. The topological polar surface area (TPSA) is 47.3 Å². The molecule has 90 valence electrons. The second-order valence-electron chi connectivity index (χ2n) is 3.82. The second kappa shape index (κ2) is 5.11. The number of nitriles is 1. The maximum absolute atomic E-state index is 9.28. The standard InChI is InChI=1S/C14H11BrN2O/c1-17(10-5-7-11(18)8-6-10)14-4-2-3-13(15)12(14)9-16/h2-8,18H,1H3. The first kappa shape index (κ1) is 12.5. The summed E-state index contributed by atoms with van der Waals surface area (Å²) in [7, 11) is 1.88. The molecule has 0 heterocycles. The number of anilines is 2. The quantitative estimate of drug-likeness (QED) is 0.918. The fourth-order valence-corrected chi connectivity index (χ4v) is 2.16. The third-order valence-corrected chi connectivity index (χ3v) is 3.36. The summed E-state index contributed by atoms with van der Waals surface area (Å²) in [4.78, 5) is 1.91. The first-order valence-electron chi connectivity index (χ1n) is 5.35. The zero-order valence-corrected chi connectivity index (χ0v) is 11.3. The molecule has 0 atom stereocenters. The van der Waals surface area contributed by atoms with Crippen LogP contribution >= 0.6 is 15.9 Å². The van der Waals surface area contributed by atoms with E-state index in [0.29, 0.717) is 5.56 Å². The average molecular weight is 303 g/mol. The van der Waals surface area contributed by atoms with Gasteiger partial charge in [0.25, 0.3) is 0 Å². The smallest absolute Gasteiger partial charge is 0.115 e. The lowest BCUT2D eigenvalue weighted by Crippen LogP contribution is -2.11. The van der Waals surface area contributed by atoms with Crippen molar-refractivity contribution in [2.24, 2.45) is 0 Å². The van der Waals surface area contributed by atoms with E-state index in [0.717, 1.165) is 15.8 Å². The van der Waals surface area contributed by atoms with Gasteiger partial charge in [0.05, 0.1) is 11.3 Å². The van der Waals surface area contributed by atoms with Gasteiger partial charge in [-0.05, 0) is 52.3 Å². The molecule has 0 saturated carbocycles. The van der Waals surface area contributed by atoms with Crippen molar-refractivity contribution in [2.45, 2.75) is 0 Å². The molecule has 2 rings (SSSR count). The van der Waals surface area contributed by atoms with E-state index in [2.05, 4.69) is 22.0 Å². The third-order valence-electron chi connectivity index (χ3n) is 2.70. The number of phenols is 1. The van der Waals surface area contributed by atoms with Crippen LogP contribution in [0, 0.1) is 11.3 Å². The number of halogens is 1. The first-order chi connectivity index (χ1) is 8.63. The second-order valence-corrected chi connectivity index (χ2v) is 4.68. The maximum Gasteiger partial charge on any atom is 0.115 e. The molecule has 0 aliphatic rings. The van der Waals surface area contributed by atoms with Crippen LogP contribution in [-0.2, 0) is 0 Å². The summed E-state index contributed by atoms with van der Waals surface area (Å²) in [6.45, 7) is 0. The predicted molar refractivity (Wildman–Crippen MR) is 75.0 cm³/mol. The summed E-state index contributed by atoms with van der Waals surface area (Å²) >= 11 is 3.37. The Balaban J connectivity index is 2.46. The molecule has 18 heavy (non-hydrogen) atoms. The van der Waals surface area contributed by atoms with Crippen LogP contribution in [0.2, 0.25) is 0 Å². The van der Waals surface area contributed by atoms with Crippen LogP contribution in [0.4, 0.5) is 11.4 Å². The fourth-order valence-electron chi connectivity index (χ4n) is 1.72. The van der Waals surface area contributed by atoms with Gasteiger partial charge in [-0.15, -0.1) is 0 Å². The molecular formula is C14H11BrN2O. The van der Waals surface area contributed by atoms with Crippen LogP contribution in [0.5, 0.6) is 5.75 Å². The van der Waals surface area contributed by atoms with Crippen LogP contribution < -0.4 is 4.90 Å². The van der Waals surface area contributed by atoms with Gasteiger partial charge < -0.3 is 10.0 Å². The van der Waals surface area contributed by atoms with E-state index in [9.17, 15) is 10.4 Å². The lowest BCUT2D eigenvalue weighted by atomic mass is 10.1. The Morgan fingerprint density at radius 3 is 2.44 bits per heavy atom. The van der Waals surface area contributed by atoms with Crippen molar-refractivity contribution in [2.75, 3.05) is 11.9 Å². The Morgan fingerprint density at radius 1 is 1.17 bits per heavy atom. The number of hydrogen-bond donors (Lipinski definition) is 1. The van der Waals surface area contributed by atoms with Gasteiger partial charge in [-0.1, -0.05) is 6.07 Å². The van der Waals surface area contributed by atoms with E-state index in [4.69, 9.17) is 0 Å². The molecular weight excluding hydrogens is 292 g/mol. The van der Waals surface area contributed by atoms with E-state index >= 15 is 0 Å². The average Bonchev–Trinajstić information content (AvgIpc) is 2.38. The Hall–Kier alpha value is -1.99. The third kappa shape index (κ3) is 2.31. The Labute approximate surface area is 114 Å². The van der Waals surface area contributed by atoms with Crippen LogP contribution in [0.25, 0.3) is 0 Å². The highest BCUT2D eigenvalue weighted by molar-refractivity contribution is 9.10. The van der Waals surface area contributed by atoms with Crippen molar-refractivity contribution in [3.05, 3.63) is 52.5 Å². The maximum atomic E-state index is 9.28. The molecule has 0 unspecified atom stereocenters. The van der Waals surface area contributed by atoms with Crippen LogP contribution in [0.15, 0.2) is 46.9 Å². The number of aromatic hydroxyl groups is 1. The van der Waals surface area contributed by atoms with E-state index in [1.54, 1.807) is 24.3 Å². The summed E-state index contributed by atoms with van der Waals surface area (Å²) in [5.74, 6) is 0.224. The van der Waals surface area contributed by atoms with Gasteiger partial charge in [0.15, 0.2) is 0 Å². The highest BCUT2D eigenvalue weighted by Gasteiger charge is 2.11. The molecule has 0 aliphatic carbocycles. The first-order valence-corrected chi connectivity index (χ1v) is 6.14. The molecule has 0 spiro atoms. The van der Waals surface area contributed by atoms with Crippen LogP contribution in [0.1, 0.15) is 5.56 Å². The van der Waals surface area contributed by atoms with E-state index in [1.165, 1.54) is 0 Å². The molecule has 2 aromatic carbocycles. The molecule has 0 aliphatic heterocycles. The van der Waals surface area contributed by atoms with E-state index in [1.807, 2.05) is 30.1 Å². The van der Waals surface area contributed by atoms with Crippen molar-refractivity contribution in [1.29, 1.82) is 5.26 Å². The van der Waals surface area contributed by atoms with E-state index < -0.39 is 0 Å². The predicted octanol–water partition coefficient (Wildman–Crippen LogP) is 3.79. The summed E-state index contributed by atoms with van der Waals surface area (Å²) < 4.78 is 0.771. The highest BCUT2D eigenvalue weighted by atomic mass is 79.9. The Kier molecular flexibility index (Phi) is 3.54. The molecule has 0 bridgehead atoms. The molecule has 0 saturated heterocycles. The van der Waals surface area contributed by atoms with Gasteiger partial charge >= 0.3 is 0 Å². The fraction of sp³-hybridized carbons (Fsp3) is 0.0714. The minimum atomic E-state index is 0.224. The number of benzene rings is 2. The van der Waals surface area contributed by atoms with Gasteiger partial charge in [0.2, 0.25) is 0 Å². The minimum Gasteiger partial charge on any atom is -0.508 e. The van der Waals surface area contributed by atoms with Crippen molar-refractivity contribution in [3.63, 3.8) is 0 Å². The van der Waals surface area contributed by atoms with Gasteiger partial charge in [0, 0.05) is 17.2 Å². The molecule has 2 aromatic rings. The summed E-state index contributed by atoms with van der Waals surface area (Å²) in [6.07, 6.45) is 0. The van der Waals surface area contributed by atoms with E-state index in [-0.39, 0.29) is 5.75 Å². The van der Waals surface area contributed by atoms with Gasteiger partial charge in [-0.25, -0.2) is 0 Å². The van der Waals surface area contributed by atoms with Gasteiger partial charge in [-0.2, -0.15) is 5.26 Å². The number of nitrogens with zero attached hydrogens (tertiary/aromatic N) is 2. The van der Waals surface area contributed by atoms with Crippen molar-refractivity contribution in [1.82, 2.24) is 0 Å². The summed E-state index contributed by atoms with van der Waals surface area (Å²) in [6, 6.07) is 14.6. The highest BCUT2D eigenvalue weighted by Crippen LogP contribution is 2.31. The lowest BCUT2D eigenvalue weighted by molar-refractivity contribution is 0.475. The molecule has 4 heteroatoms. The molecule has 0 radical (unpaired) electrons. The summed E-state index contributed by atoms with van der Waals surface area (Å²) in [5, 5.41) is 18.5. The monoisotopic (exact) mass is 302 g/mol. The van der Waals surface area contributed by atoms with Gasteiger partial charge in [0.1, 0.15) is 11.8 Å². The number of phenolic OH excluding ortho intramolecular Hbond substituents is 1. The molecule has 1 N–H and O–H groups in total. The Bertz CT molecular complexity index is 602. The SMILES string of the molecule is CN(c1ccc(O)cc1)c1cccc(Br)c1C#N. The number of rotatable bonds is 2. The molecule has 3 nitrogen and oxygen atoms in total. The van der Waals surface area contributed by atoms with Crippen molar-refractivity contribution < 1.29 is 5.11 Å². The summed E-state index contributed by atoms with van der Waals surface area (Å²) in [5.41, 5.74) is 2.31. The number of hydrogen-bond acceptors (Lipinski definition) is 3. The lowest BCUT2D eigenvalue weighted by Gasteiger charge is -2.21. The van der Waals surface area contributed by atoms with Crippen LogP contribution in [-0.4, -0.2) is 12.2 Å². The minimum absolute atomic E-state index is 0.224. The largest absolute Gasteiger partial charge is 0.508 e. The molecule has 0 amide bonds. The van der Waals surface area contributed by atoms with Crippen LogP contribution in [0.3, 0.4) is 0 Å². The zero-order chi connectivity index (χ0) is 13.1. The van der Waals surface area contributed by atoms with Crippen molar-refractivity contribution in [3.8, 4) is 11.8 Å². The van der Waals surface area contributed by atoms with Gasteiger partial charge in [-0.3, -0.25) is 0 Å². The Morgan fingerprint density at radius 2 is 1.83 bits per heavy atom. The zero-order valence-electron chi connectivity index (χ0n) is 9.76. The molecule has 0 aromatic heterocycles. The normalized spacial score (nSPS) is 9.83.